The third-order valence-corrected chi connectivity index (χ3v) is 15.6. The van der Waals surface area contributed by atoms with Crippen LogP contribution in [0.2, 0.25) is 0 Å². The predicted octanol–water partition coefficient (Wildman–Crippen LogP) is 21.3. The number of carbonyl (C=O) groups excluding carboxylic acids is 2. The molecule has 462 valence electrons. The minimum atomic E-state index is -0.503. The molecule has 0 aliphatic heterocycles. The van der Waals surface area contributed by atoms with Crippen molar-refractivity contribution in [1.29, 1.82) is 5.26 Å². The van der Waals surface area contributed by atoms with Gasteiger partial charge in [0.1, 0.15) is 23.0 Å². The van der Waals surface area contributed by atoms with Gasteiger partial charge in [-0.25, -0.2) is 9.59 Å². The molecule has 6 aromatic carbocycles. The van der Waals surface area contributed by atoms with E-state index in [9.17, 15) is 9.59 Å². The quantitative estimate of drug-likeness (QED) is 0.0207. The van der Waals surface area contributed by atoms with Gasteiger partial charge in [0.2, 0.25) is 5.75 Å². The van der Waals surface area contributed by atoms with Gasteiger partial charge in [0, 0.05) is 0 Å². The van der Waals surface area contributed by atoms with Gasteiger partial charge in [0.15, 0.2) is 11.5 Å². The maximum Gasteiger partial charge on any atom is 0.343 e. The fourth-order valence-corrected chi connectivity index (χ4v) is 10.3. The Morgan fingerprint density at radius 3 is 0.942 bits per heavy atom. The van der Waals surface area contributed by atoms with Gasteiger partial charge < -0.3 is 33.2 Å². The monoisotopic (exact) mass is 1170 g/mol. The Morgan fingerprint density at radius 2 is 0.593 bits per heavy atom. The molecule has 0 aliphatic rings. The van der Waals surface area contributed by atoms with Crippen molar-refractivity contribution < 1.29 is 42.7 Å². The predicted molar refractivity (Wildman–Crippen MR) is 350 cm³/mol. The van der Waals surface area contributed by atoms with Crippen molar-refractivity contribution in [1.82, 2.24) is 0 Å². The van der Waals surface area contributed by atoms with Crippen LogP contribution in [0.15, 0.2) is 133 Å². The van der Waals surface area contributed by atoms with Crippen molar-refractivity contribution in [3.05, 3.63) is 150 Å². The molecule has 86 heavy (non-hydrogen) atoms. The Morgan fingerprint density at radius 1 is 0.314 bits per heavy atom. The number of ether oxygens (including phenoxy) is 7. The first-order valence-corrected chi connectivity index (χ1v) is 33.0. The van der Waals surface area contributed by atoms with E-state index >= 15 is 0 Å². The molecule has 0 atom stereocenters. The standard InChI is InChI=1S/C76H99NO9/c1-4-7-10-13-16-19-23-30-55-82-72-58-67(59-73(83-56-31-24-20-17-14-11-8-5-2)74(72)84-57-32-25-21-18-15-12-9-6-3)76(79)86-71-51-41-65(42-52-71)64-39-49-70(50-40-64)85-75(78)66-43-47-69(48-44-66)81-54-29-27-22-26-28-53-80-68-45-37-63(38-46-68)62-35-33-61(60-77)34-36-62/h33-52,58-59H,4-32,53-57H2,1-3H3. The molecular formula is C76H99NO9. The van der Waals surface area contributed by atoms with Crippen LogP contribution in [-0.2, 0) is 0 Å². The average Bonchev–Trinajstić information content (AvgIpc) is 3.74. The normalized spacial score (nSPS) is 11.0. The van der Waals surface area contributed by atoms with E-state index in [1.165, 1.54) is 116 Å². The van der Waals surface area contributed by atoms with Crippen LogP contribution in [0.1, 0.15) is 233 Å². The fraction of sp³-hybridized carbons (Fsp3) is 0.487. The molecule has 0 saturated heterocycles. The summed E-state index contributed by atoms with van der Waals surface area (Å²) in [6.45, 7) is 9.63. The number of rotatable bonds is 46. The molecule has 0 radical (unpaired) electrons. The number of nitriles is 1. The molecule has 0 bridgehead atoms. The number of benzene rings is 6. The summed E-state index contributed by atoms with van der Waals surface area (Å²) in [7, 11) is 0. The summed E-state index contributed by atoms with van der Waals surface area (Å²) >= 11 is 0. The molecule has 0 unspecified atom stereocenters. The van der Waals surface area contributed by atoms with Crippen LogP contribution in [0.5, 0.6) is 40.2 Å². The maximum atomic E-state index is 14.0. The van der Waals surface area contributed by atoms with Crippen molar-refractivity contribution in [2.24, 2.45) is 0 Å². The van der Waals surface area contributed by atoms with E-state index in [0.717, 1.165) is 98.6 Å². The van der Waals surface area contributed by atoms with Crippen molar-refractivity contribution in [2.45, 2.75) is 207 Å². The average molecular weight is 1170 g/mol. The highest BCUT2D eigenvalue weighted by molar-refractivity contribution is 5.93. The van der Waals surface area contributed by atoms with Gasteiger partial charge in [0.05, 0.1) is 55.8 Å². The van der Waals surface area contributed by atoms with Gasteiger partial charge in [-0.1, -0.05) is 223 Å². The largest absolute Gasteiger partial charge is 0.494 e. The van der Waals surface area contributed by atoms with Gasteiger partial charge in [0.25, 0.3) is 0 Å². The van der Waals surface area contributed by atoms with Crippen molar-refractivity contribution in [3.63, 3.8) is 0 Å². The topological polar surface area (TPSA) is 123 Å². The molecule has 0 heterocycles. The Bertz CT molecular complexity index is 2780. The highest BCUT2D eigenvalue weighted by Gasteiger charge is 2.21. The highest BCUT2D eigenvalue weighted by atomic mass is 16.6. The molecule has 0 saturated carbocycles. The Balaban J connectivity index is 0.956. The lowest BCUT2D eigenvalue weighted by Crippen LogP contribution is -2.12. The smallest absolute Gasteiger partial charge is 0.343 e. The lowest BCUT2D eigenvalue weighted by atomic mass is 10.0. The zero-order valence-electron chi connectivity index (χ0n) is 52.4. The first-order valence-electron chi connectivity index (χ1n) is 33.0. The van der Waals surface area contributed by atoms with Crippen LogP contribution in [0.3, 0.4) is 0 Å². The van der Waals surface area contributed by atoms with E-state index in [4.69, 9.17) is 38.4 Å². The van der Waals surface area contributed by atoms with Gasteiger partial charge >= 0.3 is 11.9 Å². The first kappa shape index (κ1) is 67.9. The molecule has 0 fully saturated rings. The second-order valence-corrected chi connectivity index (χ2v) is 22.8. The Kier molecular flexibility index (Phi) is 32.9. The van der Waals surface area contributed by atoms with E-state index in [1.54, 1.807) is 60.7 Å². The lowest BCUT2D eigenvalue weighted by molar-refractivity contribution is 0.0724. The summed E-state index contributed by atoms with van der Waals surface area (Å²) in [4.78, 5) is 27.2. The van der Waals surface area contributed by atoms with Crippen molar-refractivity contribution >= 4 is 11.9 Å². The minimum Gasteiger partial charge on any atom is -0.494 e. The molecule has 10 nitrogen and oxygen atoms in total. The molecule has 10 heteroatoms. The van der Waals surface area contributed by atoms with E-state index in [0.29, 0.717) is 84.2 Å². The second kappa shape index (κ2) is 41.7. The zero-order chi connectivity index (χ0) is 60.5. The first-order chi connectivity index (χ1) is 42.4. The van der Waals surface area contributed by atoms with Gasteiger partial charge in [-0.2, -0.15) is 5.26 Å². The molecule has 6 rings (SSSR count). The van der Waals surface area contributed by atoms with Gasteiger partial charge in [-0.3, -0.25) is 0 Å². The highest BCUT2D eigenvalue weighted by Crippen LogP contribution is 2.40. The lowest BCUT2D eigenvalue weighted by Gasteiger charge is -2.19. The van der Waals surface area contributed by atoms with Crippen LogP contribution in [-0.4, -0.2) is 45.0 Å². The summed E-state index contributed by atoms with van der Waals surface area (Å²) in [5, 5.41) is 9.04. The van der Waals surface area contributed by atoms with E-state index in [2.05, 4.69) is 26.8 Å². The number of unbranched alkanes of at least 4 members (excludes halogenated alkanes) is 25. The molecule has 0 spiro atoms. The van der Waals surface area contributed by atoms with Gasteiger partial charge in [-0.15, -0.1) is 0 Å². The zero-order valence-corrected chi connectivity index (χ0v) is 52.4. The molecule has 6 aromatic rings. The second-order valence-electron chi connectivity index (χ2n) is 22.8. The summed E-state index contributed by atoms with van der Waals surface area (Å²) < 4.78 is 43.2. The third kappa shape index (κ3) is 26.2. The number of nitrogens with zero attached hydrogens (tertiary/aromatic N) is 1. The summed E-state index contributed by atoms with van der Waals surface area (Å²) in [6.07, 6.45) is 34.0. The maximum absolute atomic E-state index is 14.0. The molecule has 0 aliphatic carbocycles. The summed E-state index contributed by atoms with van der Waals surface area (Å²) in [6, 6.07) is 43.1. The number of hydrogen-bond acceptors (Lipinski definition) is 10. The molecule has 0 aromatic heterocycles. The fourth-order valence-electron chi connectivity index (χ4n) is 10.3. The summed E-state index contributed by atoms with van der Waals surface area (Å²) in [5.74, 6) is 3.07. The van der Waals surface area contributed by atoms with E-state index in [-0.39, 0.29) is 0 Å². The van der Waals surface area contributed by atoms with Crippen molar-refractivity contribution in [3.8, 4) is 68.6 Å². The molecular weight excluding hydrogens is 1070 g/mol. The van der Waals surface area contributed by atoms with Crippen LogP contribution < -0.4 is 33.2 Å². The van der Waals surface area contributed by atoms with E-state index in [1.807, 2.05) is 72.8 Å². The number of hydrogen-bond donors (Lipinski definition) is 0. The Labute approximate surface area is 516 Å². The van der Waals surface area contributed by atoms with Gasteiger partial charge in [-0.05, 0) is 139 Å². The van der Waals surface area contributed by atoms with Crippen LogP contribution in [0, 0.1) is 11.3 Å². The van der Waals surface area contributed by atoms with E-state index < -0.39 is 11.9 Å². The number of carbonyl (C=O) groups is 2. The SMILES string of the molecule is CCCCCCCCCCOc1cc(C(=O)Oc2ccc(-c3ccc(OC(=O)c4ccc(OCCCCCCCOc5ccc(-c6ccc(C#N)cc6)cc5)cc4)cc3)cc2)cc(OCCCCCCCCCC)c1OCCCCCCCCCC. The Hall–Kier alpha value is -7.25. The van der Waals surface area contributed by atoms with Crippen LogP contribution in [0.25, 0.3) is 22.3 Å². The number of esters is 2. The third-order valence-electron chi connectivity index (χ3n) is 15.6. The summed E-state index contributed by atoms with van der Waals surface area (Å²) in [5.41, 5.74) is 5.42. The minimum absolute atomic E-state index is 0.346. The van der Waals surface area contributed by atoms with Crippen LogP contribution in [0.4, 0.5) is 0 Å². The molecule has 0 N–H and O–H groups in total. The molecule has 0 amide bonds. The van der Waals surface area contributed by atoms with Crippen LogP contribution >= 0.6 is 0 Å². The van der Waals surface area contributed by atoms with Crippen molar-refractivity contribution in [2.75, 3.05) is 33.0 Å².